The van der Waals surface area contributed by atoms with Crippen LogP contribution in [0.15, 0.2) is 0 Å². The van der Waals surface area contributed by atoms with E-state index in [0.717, 1.165) is 0 Å². The lowest BCUT2D eigenvalue weighted by atomic mass is 10.2. The van der Waals surface area contributed by atoms with Crippen molar-refractivity contribution < 1.29 is 23.9 Å². The van der Waals surface area contributed by atoms with E-state index in [9.17, 15) is 14.4 Å². The summed E-state index contributed by atoms with van der Waals surface area (Å²) < 4.78 is 9.67. The smallest absolute Gasteiger partial charge is 0.306 e. The Morgan fingerprint density at radius 3 is 1.94 bits per heavy atom. The van der Waals surface area contributed by atoms with E-state index >= 15 is 0 Å². The van der Waals surface area contributed by atoms with Gasteiger partial charge in [0.05, 0.1) is 0 Å². The minimum Gasteiger partial charge on any atom is -0.461 e. The third kappa shape index (κ3) is 5.48. The van der Waals surface area contributed by atoms with Gasteiger partial charge in [-0.1, -0.05) is 20.8 Å². The van der Waals surface area contributed by atoms with Gasteiger partial charge in [0.25, 0.3) is 0 Å². The second kappa shape index (κ2) is 7.84. The number of hydrogen-bond acceptors (Lipinski definition) is 5. The second-order valence-electron chi connectivity index (χ2n) is 3.19. The van der Waals surface area contributed by atoms with Gasteiger partial charge < -0.3 is 9.47 Å². The molecule has 0 aliphatic heterocycles. The first-order valence-corrected chi connectivity index (χ1v) is 5.42. The minimum absolute atomic E-state index is 0.189. The highest BCUT2D eigenvalue weighted by atomic mass is 16.6. The topological polar surface area (TPSA) is 69.7 Å². The van der Waals surface area contributed by atoms with Gasteiger partial charge in [-0.2, -0.15) is 0 Å². The summed E-state index contributed by atoms with van der Waals surface area (Å²) in [5.74, 6) is -1.13. The number of ether oxygens (including phenoxy) is 2. The highest BCUT2D eigenvalue weighted by Gasteiger charge is 2.22. The molecule has 5 nitrogen and oxygen atoms in total. The summed E-state index contributed by atoms with van der Waals surface area (Å²) in [5, 5.41) is 0. The molecule has 0 saturated carbocycles. The molecule has 0 rings (SSSR count). The van der Waals surface area contributed by atoms with Crippen molar-refractivity contribution in [2.24, 2.45) is 0 Å². The van der Waals surface area contributed by atoms with Gasteiger partial charge in [0.15, 0.2) is 11.9 Å². The summed E-state index contributed by atoms with van der Waals surface area (Å²) in [7, 11) is 0. The number of esters is 2. The SMILES string of the molecule is CCC(=O)OC[C@@H](OC(=O)CC)C(=O)CC. The van der Waals surface area contributed by atoms with Gasteiger partial charge in [-0.25, -0.2) is 0 Å². The van der Waals surface area contributed by atoms with E-state index in [0.29, 0.717) is 0 Å². The number of ketones is 1. The summed E-state index contributed by atoms with van der Waals surface area (Å²) >= 11 is 0. The van der Waals surface area contributed by atoms with Crippen molar-refractivity contribution in [1.82, 2.24) is 0 Å². The molecule has 0 bridgehead atoms. The largest absolute Gasteiger partial charge is 0.461 e. The summed E-state index contributed by atoms with van der Waals surface area (Å²) in [6, 6.07) is 0. The van der Waals surface area contributed by atoms with Crippen LogP contribution in [0, 0.1) is 0 Å². The van der Waals surface area contributed by atoms with Crippen molar-refractivity contribution in [3.05, 3.63) is 0 Å². The summed E-state index contributed by atoms with van der Waals surface area (Å²) in [6.45, 7) is 4.76. The molecule has 0 N–H and O–H groups in total. The lowest BCUT2D eigenvalue weighted by Gasteiger charge is -2.15. The summed E-state index contributed by atoms with van der Waals surface area (Å²) in [4.78, 5) is 33.3. The van der Waals surface area contributed by atoms with Crippen LogP contribution in [0.25, 0.3) is 0 Å². The number of carbonyl (C=O) groups is 3. The van der Waals surface area contributed by atoms with E-state index in [1.165, 1.54) is 0 Å². The highest BCUT2D eigenvalue weighted by Crippen LogP contribution is 2.02. The summed E-state index contributed by atoms with van der Waals surface area (Å²) in [6.07, 6.45) is -0.303. The Labute approximate surface area is 95.1 Å². The van der Waals surface area contributed by atoms with Gasteiger partial charge in [0, 0.05) is 19.3 Å². The van der Waals surface area contributed by atoms with Gasteiger partial charge in [-0.15, -0.1) is 0 Å². The molecule has 0 amide bonds. The van der Waals surface area contributed by atoms with Crippen molar-refractivity contribution in [2.45, 2.75) is 46.1 Å². The number of hydrogen-bond donors (Lipinski definition) is 0. The van der Waals surface area contributed by atoms with Crippen LogP contribution in [-0.4, -0.2) is 30.4 Å². The Kier molecular flexibility index (Phi) is 7.16. The molecule has 16 heavy (non-hydrogen) atoms. The first-order chi connectivity index (χ1) is 7.54. The molecule has 0 aliphatic carbocycles. The fraction of sp³-hybridized carbons (Fsp3) is 0.727. The van der Waals surface area contributed by atoms with E-state index in [-0.39, 0.29) is 31.7 Å². The predicted molar refractivity (Wildman–Crippen MR) is 56.7 cm³/mol. The van der Waals surface area contributed by atoms with Crippen LogP contribution >= 0.6 is 0 Å². The van der Waals surface area contributed by atoms with Crippen molar-refractivity contribution in [1.29, 1.82) is 0 Å². The molecule has 1 atom stereocenters. The second-order valence-corrected chi connectivity index (χ2v) is 3.19. The van der Waals surface area contributed by atoms with E-state index in [2.05, 4.69) is 0 Å². The molecule has 0 radical (unpaired) electrons. The Bertz CT molecular complexity index is 259. The molecule has 0 saturated heterocycles. The maximum absolute atomic E-state index is 11.4. The normalized spacial score (nSPS) is 11.7. The maximum Gasteiger partial charge on any atom is 0.306 e. The Balaban J connectivity index is 4.26. The highest BCUT2D eigenvalue weighted by molar-refractivity contribution is 5.85. The third-order valence-electron chi connectivity index (χ3n) is 1.95. The first-order valence-electron chi connectivity index (χ1n) is 5.42. The lowest BCUT2D eigenvalue weighted by molar-refractivity contribution is -0.163. The minimum atomic E-state index is -0.965. The fourth-order valence-electron chi connectivity index (χ4n) is 0.933. The standard InChI is InChI=1S/C11H18O5/c1-4-8(12)9(16-11(14)6-3)7-15-10(13)5-2/h9H,4-7H2,1-3H3/t9-/m1/s1. The molecule has 0 aromatic rings. The Morgan fingerprint density at radius 2 is 1.50 bits per heavy atom. The van der Waals surface area contributed by atoms with Crippen LogP contribution in [0.4, 0.5) is 0 Å². The van der Waals surface area contributed by atoms with Crippen LogP contribution < -0.4 is 0 Å². The van der Waals surface area contributed by atoms with E-state index < -0.39 is 18.0 Å². The van der Waals surface area contributed by atoms with Crippen LogP contribution in [0.3, 0.4) is 0 Å². The van der Waals surface area contributed by atoms with Crippen molar-refractivity contribution >= 4 is 17.7 Å². The zero-order valence-corrected chi connectivity index (χ0v) is 9.95. The predicted octanol–water partition coefficient (Wildman–Crippen LogP) is 1.24. The van der Waals surface area contributed by atoms with Crippen LogP contribution in [-0.2, 0) is 23.9 Å². The molecule has 5 heteroatoms. The molecule has 0 spiro atoms. The molecule has 0 heterocycles. The van der Waals surface area contributed by atoms with E-state index in [4.69, 9.17) is 9.47 Å². The monoisotopic (exact) mass is 230 g/mol. The average Bonchev–Trinajstić information content (AvgIpc) is 2.32. The van der Waals surface area contributed by atoms with Gasteiger partial charge in [-0.05, 0) is 0 Å². The van der Waals surface area contributed by atoms with E-state index in [1.807, 2.05) is 0 Å². The number of Topliss-reactive ketones (excluding diaryl/α,β-unsaturated/α-hetero) is 1. The van der Waals surface area contributed by atoms with E-state index in [1.54, 1.807) is 20.8 Å². The number of carbonyl (C=O) groups excluding carboxylic acids is 3. The molecule has 0 unspecified atom stereocenters. The molecule has 0 aliphatic rings. The van der Waals surface area contributed by atoms with Crippen molar-refractivity contribution in [3.63, 3.8) is 0 Å². The molecular weight excluding hydrogens is 212 g/mol. The zero-order chi connectivity index (χ0) is 12.6. The molecule has 0 fully saturated rings. The van der Waals surface area contributed by atoms with Gasteiger partial charge in [0.2, 0.25) is 0 Å². The van der Waals surface area contributed by atoms with Crippen molar-refractivity contribution in [2.75, 3.05) is 6.61 Å². The average molecular weight is 230 g/mol. The maximum atomic E-state index is 11.4. The van der Waals surface area contributed by atoms with Crippen LogP contribution in [0.1, 0.15) is 40.0 Å². The van der Waals surface area contributed by atoms with Crippen molar-refractivity contribution in [3.8, 4) is 0 Å². The Hall–Kier alpha value is -1.39. The number of rotatable bonds is 7. The van der Waals surface area contributed by atoms with Gasteiger partial charge in [0.1, 0.15) is 6.61 Å². The molecular formula is C11H18O5. The zero-order valence-electron chi connectivity index (χ0n) is 9.95. The van der Waals surface area contributed by atoms with Crippen LogP contribution in [0.5, 0.6) is 0 Å². The lowest BCUT2D eigenvalue weighted by Crippen LogP contribution is -2.32. The van der Waals surface area contributed by atoms with Gasteiger partial charge in [-0.3, -0.25) is 14.4 Å². The first kappa shape index (κ1) is 14.6. The molecule has 0 aromatic carbocycles. The van der Waals surface area contributed by atoms with Crippen LogP contribution in [0.2, 0.25) is 0 Å². The van der Waals surface area contributed by atoms with Gasteiger partial charge >= 0.3 is 11.9 Å². The third-order valence-corrected chi connectivity index (χ3v) is 1.95. The Morgan fingerprint density at radius 1 is 0.938 bits per heavy atom. The quantitative estimate of drug-likeness (QED) is 0.615. The molecule has 0 aromatic heterocycles. The molecule has 92 valence electrons. The fourth-order valence-corrected chi connectivity index (χ4v) is 0.933. The summed E-state index contributed by atoms with van der Waals surface area (Å²) in [5.41, 5.74) is 0.